The van der Waals surface area contributed by atoms with Crippen LogP contribution < -0.4 is 14.8 Å². The second-order valence-electron chi connectivity index (χ2n) is 6.67. The minimum absolute atomic E-state index is 0.0874. The molecule has 2 aromatic rings. The number of carbonyl (C=O) groups excluding carboxylic acids is 1. The van der Waals surface area contributed by atoms with Crippen LogP contribution in [-0.2, 0) is 10.5 Å². The Morgan fingerprint density at radius 1 is 0.964 bits per heavy atom. The third kappa shape index (κ3) is 6.33. The highest BCUT2D eigenvalue weighted by Crippen LogP contribution is 2.23. The fourth-order valence-electron chi connectivity index (χ4n) is 3.21. The van der Waals surface area contributed by atoms with Gasteiger partial charge in [0.05, 0.1) is 0 Å². The van der Waals surface area contributed by atoms with Gasteiger partial charge in [0.2, 0.25) is 0 Å². The molecule has 0 radical (unpaired) electrons. The average molecular weight is 518 g/mol. The van der Waals surface area contributed by atoms with Gasteiger partial charge in [-0.05, 0) is 96.8 Å². The fraction of sp³-hybridized carbons (Fsp3) is 0.316. The van der Waals surface area contributed by atoms with Crippen molar-refractivity contribution in [2.45, 2.75) is 37.8 Å². The minimum Gasteiger partial charge on any atom is -0.382 e. The van der Waals surface area contributed by atoms with E-state index >= 15 is 0 Å². The van der Waals surface area contributed by atoms with Gasteiger partial charge in [0.1, 0.15) is 5.75 Å². The molecule has 28 heavy (non-hydrogen) atoms. The van der Waals surface area contributed by atoms with E-state index in [1.807, 2.05) is 0 Å². The van der Waals surface area contributed by atoms with E-state index in [4.69, 9.17) is 0 Å². The van der Waals surface area contributed by atoms with Gasteiger partial charge in [0.25, 0.3) is 5.91 Å². The van der Waals surface area contributed by atoms with Gasteiger partial charge in [-0.3, -0.25) is 4.79 Å². The van der Waals surface area contributed by atoms with E-state index in [2.05, 4.69) is 61.7 Å². The number of carbonyl (C=O) groups is 1. The highest BCUT2D eigenvalue weighted by atomic mass is 127. The van der Waals surface area contributed by atoms with Crippen LogP contribution in [0.5, 0.6) is 5.75 Å². The molecule has 0 atom stereocenters. The number of hydrogen-bond acceptors (Lipinski definition) is 5. The monoisotopic (exact) mass is 518 g/mol. The quantitative estimate of drug-likeness (QED) is 0.446. The molecule has 1 fully saturated rings. The molecular weight excluding hydrogens is 498 g/mol. The van der Waals surface area contributed by atoms with E-state index in [-0.39, 0.29) is 17.7 Å². The summed E-state index contributed by atoms with van der Waals surface area (Å²) in [5.74, 6) is -0.426. The van der Waals surface area contributed by atoms with Crippen molar-refractivity contribution in [3.63, 3.8) is 0 Å². The van der Waals surface area contributed by atoms with E-state index in [1.165, 1.54) is 27.8 Å². The summed E-state index contributed by atoms with van der Waals surface area (Å²) >= 11 is 2.27. The lowest BCUT2D eigenvalue weighted by molar-refractivity contribution is 0.0926. The average Bonchev–Trinajstić information content (AvgIpc) is 2.64. The predicted octanol–water partition coefficient (Wildman–Crippen LogP) is 4.04. The summed E-state index contributed by atoms with van der Waals surface area (Å²) in [6, 6.07) is 14.0. The Hall–Kier alpha value is -1.88. The Morgan fingerprint density at radius 3 is 2.11 bits per heavy atom. The number of anilines is 1. The van der Waals surface area contributed by atoms with Crippen molar-refractivity contribution in [3.8, 4) is 5.75 Å². The zero-order valence-corrected chi connectivity index (χ0v) is 17.9. The SMILES string of the molecule is O=C(NC1CCC(Nc2ccc(I)cc2)CC1)c1ccc(OS(=O)(=O)F)cc1. The molecule has 0 bridgehead atoms. The summed E-state index contributed by atoms with van der Waals surface area (Å²) in [6.07, 6.45) is 3.65. The number of rotatable bonds is 6. The third-order valence-electron chi connectivity index (χ3n) is 4.59. The number of amides is 1. The third-order valence-corrected chi connectivity index (χ3v) is 5.70. The first-order chi connectivity index (χ1) is 13.3. The summed E-state index contributed by atoms with van der Waals surface area (Å²) < 4.78 is 38.7. The van der Waals surface area contributed by atoms with Gasteiger partial charge < -0.3 is 14.8 Å². The maximum absolute atomic E-state index is 12.5. The highest BCUT2D eigenvalue weighted by molar-refractivity contribution is 14.1. The Labute approximate surface area is 177 Å². The molecule has 150 valence electrons. The summed E-state index contributed by atoms with van der Waals surface area (Å²) in [4.78, 5) is 12.4. The molecule has 2 aromatic carbocycles. The van der Waals surface area contributed by atoms with Gasteiger partial charge in [0, 0.05) is 26.9 Å². The van der Waals surface area contributed by atoms with Crippen LogP contribution in [-0.4, -0.2) is 26.4 Å². The van der Waals surface area contributed by atoms with Gasteiger partial charge in [-0.25, -0.2) is 0 Å². The molecule has 2 N–H and O–H groups in total. The maximum atomic E-state index is 12.5. The van der Waals surface area contributed by atoms with Crippen LogP contribution in [0.4, 0.5) is 9.57 Å². The van der Waals surface area contributed by atoms with E-state index in [0.717, 1.165) is 31.4 Å². The number of nitrogens with one attached hydrogen (secondary N) is 2. The number of hydrogen-bond donors (Lipinski definition) is 2. The van der Waals surface area contributed by atoms with Crippen molar-refractivity contribution in [2.24, 2.45) is 0 Å². The highest BCUT2D eigenvalue weighted by Gasteiger charge is 2.23. The van der Waals surface area contributed by atoms with Crippen LogP contribution in [0.3, 0.4) is 0 Å². The lowest BCUT2D eigenvalue weighted by Crippen LogP contribution is -2.40. The molecule has 6 nitrogen and oxygen atoms in total. The number of benzene rings is 2. The first kappa shape index (κ1) is 20.8. The van der Waals surface area contributed by atoms with Crippen molar-refractivity contribution < 1.29 is 21.3 Å². The van der Waals surface area contributed by atoms with E-state index in [9.17, 15) is 17.1 Å². The fourth-order valence-corrected chi connectivity index (χ4v) is 3.91. The zero-order chi connectivity index (χ0) is 20.1. The molecular formula is C19H20FIN2O4S. The van der Waals surface area contributed by atoms with Gasteiger partial charge in [-0.2, -0.15) is 8.42 Å². The second-order valence-corrected chi connectivity index (χ2v) is 8.87. The molecule has 0 aromatic heterocycles. The van der Waals surface area contributed by atoms with E-state index in [1.54, 1.807) is 0 Å². The molecule has 1 saturated carbocycles. The molecule has 1 amide bonds. The summed E-state index contributed by atoms with van der Waals surface area (Å²) in [6.45, 7) is 0. The lowest BCUT2D eigenvalue weighted by atomic mass is 9.90. The first-order valence-electron chi connectivity index (χ1n) is 8.85. The van der Waals surface area contributed by atoms with Crippen LogP contribution in [0, 0.1) is 3.57 Å². The van der Waals surface area contributed by atoms with Crippen LogP contribution >= 0.6 is 22.6 Å². The Bertz CT molecular complexity index is 912. The van der Waals surface area contributed by atoms with Crippen LogP contribution in [0.1, 0.15) is 36.0 Å². The van der Waals surface area contributed by atoms with Crippen molar-refractivity contribution in [2.75, 3.05) is 5.32 Å². The summed E-state index contributed by atoms with van der Waals surface area (Å²) in [5.41, 5.74) is 1.47. The summed E-state index contributed by atoms with van der Waals surface area (Å²) in [5, 5.41) is 6.52. The standard InChI is InChI=1S/C19H20FIN2O4S/c20-28(25,26)27-18-11-1-13(2-12-18)19(24)23-17-9-7-16(8-10-17)22-15-5-3-14(21)4-6-15/h1-6,11-12,16-17,22H,7-10H2,(H,23,24). The van der Waals surface area contributed by atoms with Crippen LogP contribution in [0.25, 0.3) is 0 Å². The topological polar surface area (TPSA) is 84.5 Å². The molecule has 0 heterocycles. The Morgan fingerprint density at radius 2 is 1.54 bits per heavy atom. The maximum Gasteiger partial charge on any atom is 0.488 e. The molecule has 0 saturated heterocycles. The number of halogens is 2. The molecule has 1 aliphatic carbocycles. The van der Waals surface area contributed by atoms with Crippen molar-refractivity contribution >= 4 is 44.7 Å². The van der Waals surface area contributed by atoms with E-state index < -0.39 is 10.5 Å². The van der Waals surface area contributed by atoms with Gasteiger partial charge >= 0.3 is 10.5 Å². The van der Waals surface area contributed by atoms with Crippen LogP contribution in [0.2, 0.25) is 0 Å². The Balaban J connectivity index is 1.47. The van der Waals surface area contributed by atoms with Crippen LogP contribution in [0.15, 0.2) is 48.5 Å². The van der Waals surface area contributed by atoms with Gasteiger partial charge in [0.15, 0.2) is 0 Å². The molecule has 3 rings (SSSR count). The normalized spacial score (nSPS) is 19.6. The second kappa shape index (κ2) is 9.08. The molecule has 0 unspecified atom stereocenters. The lowest BCUT2D eigenvalue weighted by Gasteiger charge is -2.30. The molecule has 0 aliphatic heterocycles. The molecule has 1 aliphatic rings. The zero-order valence-electron chi connectivity index (χ0n) is 14.9. The van der Waals surface area contributed by atoms with Crippen molar-refractivity contribution in [1.29, 1.82) is 0 Å². The van der Waals surface area contributed by atoms with Gasteiger partial charge in [-0.1, -0.05) is 3.89 Å². The molecule has 0 spiro atoms. The predicted molar refractivity (Wildman–Crippen MR) is 113 cm³/mol. The van der Waals surface area contributed by atoms with Gasteiger partial charge in [-0.15, -0.1) is 0 Å². The smallest absolute Gasteiger partial charge is 0.382 e. The first-order valence-corrected chi connectivity index (χ1v) is 11.2. The molecule has 9 heteroatoms. The minimum atomic E-state index is -5.07. The van der Waals surface area contributed by atoms with E-state index in [0.29, 0.717) is 11.6 Å². The summed E-state index contributed by atoms with van der Waals surface area (Å²) in [7, 11) is -5.07. The largest absolute Gasteiger partial charge is 0.488 e. The van der Waals surface area contributed by atoms with Crippen molar-refractivity contribution in [1.82, 2.24) is 5.32 Å². The Kier molecular flexibility index (Phi) is 6.76. The van der Waals surface area contributed by atoms with Crippen molar-refractivity contribution in [3.05, 3.63) is 57.7 Å².